The minimum absolute atomic E-state index is 0.0625. The van der Waals surface area contributed by atoms with Crippen molar-refractivity contribution >= 4 is 11.4 Å². The zero-order valence-corrected chi connectivity index (χ0v) is 15.7. The number of nitrogens with one attached hydrogen (secondary N) is 1. The molecule has 2 N–H and O–H groups in total. The molecule has 4 rings (SSSR count). The largest absolute Gasteiger partial charge is 0.390 e. The zero-order chi connectivity index (χ0) is 19.5. The average molecular weight is 377 g/mol. The van der Waals surface area contributed by atoms with E-state index in [9.17, 15) is 19.1 Å². The summed E-state index contributed by atoms with van der Waals surface area (Å²) in [6.07, 6.45) is 2.68. The normalized spacial score (nSPS) is 25.0. The van der Waals surface area contributed by atoms with Crippen LogP contribution in [0.15, 0.2) is 4.79 Å². The van der Waals surface area contributed by atoms with Gasteiger partial charge in [-0.2, -0.15) is 10.2 Å². The first-order chi connectivity index (χ1) is 12.7. The van der Waals surface area contributed by atoms with E-state index in [4.69, 9.17) is 0 Å². The number of halogens is 1. The smallest absolute Gasteiger partial charge is 0.296 e. The van der Waals surface area contributed by atoms with Crippen molar-refractivity contribution in [2.75, 3.05) is 0 Å². The fraction of sp³-hybridized carbons (Fsp3) is 0.667. The summed E-state index contributed by atoms with van der Waals surface area (Å²) in [5.74, 6) is -0.583. The summed E-state index contributed by atoms with van der Waals surface area (Å²) in [6, 6.07) is -0.121. The van der Waals surface area contributed by atoms with Gasteiger partial charge in [-0.25, -0.2) is 13.6 Å². The topological polar surface area (TPSA) is 102 Å². The number of rotatable bonds is 5. The van der Waals surface area contributed by atoms with Gasteiger partial charge in [-0.15, -0.1) is 0 Å². The third-order valence-electron chi connectivity index (χ3n) is 5.24. The van der Waals surface area contributed by atoms with Gasteiger partial charge in [0.05, 0.1) is 5.60 Å². The molecule has 2 aliphatic carbocycles. The van der Waals surface area contributed by atoms with Crippen molar-refractivity contribution < 1.29 is 14.3 Å². The monoisotopic (exact) mass is 377 g/mol. The molecular formula is C18H24FN5O3. The Balaban J connectivity index is 1.66. The van der Waals surface area contributed by atoms with Gasteiger partial charge in [0, 0.05) is 17.9 Å². The van der Waals surface area contributed by atoms with E-state index in [1.54, 1.807) is 6.92 Å². The molecule has 1 amide bonds. The molecule has 2 saturated carbocycles. The molecular weight excluding hydrogens is 353 g/mol. The fourth-order valence-corrected chi connectivity index (χ4v) is 3.70. The molecule has 0 spiro atoms. The second kappa shape index (κ2) is 6.12. The van der Waals surface area contributed by atoms with Crippen LogP contribution in [0, 0.1) is 5.82 Å². The van der Waals surface area contributed by atoms with E-state index in [-0.39, 0.29) is 35.8 Å². The van der Waals surface area contributed by atoms with E-state index < -0.39 is 17.0 Å². The van der Waals surface area contributed by atoms with Gasteiger partial charge in [-0.1, -0.05) is 13.8 Å². The Kier molecular flexibility index (Phi) is 4.10. The molecule has 2 aromatic heterocycles. The predicted molar refractivity (Wildman–Crippen MR) is 95.1 cm³/mol. The van der Waals surface area contributed by atoms with E-state index in [2.05, 4.69) is 15.5 Å². The maximum Gasteiger partial charge on any atom is 0.296 e. The van der Waals surface area contributed by atoms with Gasteiger partial charge < -0.3 is 10.4 Å². The number of carbonyl (C=O) groups is 1. The average Bonchev–Trinajstić information content (AvgIpc) is 3.32. The number of aromatic nitrogens is 4. The highest BCUT2D eigenvalue weighted by atomic mass is 19.1. The molecule has 9 heteroatoms. The highest BCUT2D eigenvalue weighted by molar-refractivity contribution is 5.76. The fourth-order valence-electron chi connectivity index (χ4n) is 3.70. The third kappa shape index (κ3) is 3.24. The first-order valence-electron chi connectivity index (χ1n) is 9.37. The lowest BCUT2D eigenvalue weighted by Gasteiger charge is -2.41. The van der Waals surface area contributed by atoms with Crippen LogP contribution in [0.1, 0.15) is 69.8 Å². The molecule has 0 unspecified atom stereocenters. The van der Waals surface area contributed by atoms with Crippen LogP contribution in [-0.4, -0.2) is 42.1 Å². The van der Waals surface area contributed by atoms with E-state index in [0.29, 0.717) is 24.4 Å². The van der Waals surface area contributed by atoms with Crippen LogP contribution in [0.4, 0.5) is 4.39 Å². The number of nitrogens with zero attached hydrogens (tertiary/aromatic N) is 4. The standard InChI is InChI=1S/C18H24FN5O3/c1-9(2)16-22-23(8-12(25)20-11-6-18(3,27)7-11)17(26)15-13(19)14(10-4-5-10)21-24(15)16/h9-11,27H,4-8H2,1-3H3,(H,20,25)/t11-,18+. The van der Waals surface area contributed by atoms with Crippen molar-refractivity contribution in [2.45, 2.75) is 76.5 Å². The van der Waals surface area contributed by atoms with Gasteiger partial charge in [-0.3, -0.25) is 9.59 Å². The van der Waals surface area contributed by atoms with E-state index in [1.165, 1.54) is 4.52 Å². The predicted octanol–water partition coefficient (Wildman–Crippen LogP) is 1.06. The molecule has 0 saturated heterocycles. The second-order valence-corrected chi connectivity index (χ2v) is 8.38. The summed E-state index contributed by atoms with van der Waals surface area (Å²) < 4.78 is 17.2. The summed E-state index contributed by atoms with van der Waals surface area (Å²) in [5.41, 5.74) is -1.24. The van der Waals surface area contributed by atoms with Gasteiger partial charge >= 0.3 is 0 Å². The van der Waals surface area contributed by atoms with Gasteiger partial charge in [0.1, 0.15) is 12.2 Å². The summed E-state index contributed by atoms with van der Waals surface area (Å²) >= 11 is 0. The number of aliphatic hydroxyl groups is 1. The Labute approximate surface area is 155 Å². The van der Waals surface area contributed by atoms with Gasteiger partial charge in [0.2, 0.25) is 5.91 Å². The molecule has 146 valence electrons. The molecule has 0 bridgehead atoms. The first-order valence-corrected chi connectivity index (χ1v) is 9.37. The first kappa shape index (κ1) is 18.1. The lowest BCUT2D eigenvalue weighted by Crippen LogP contribution is -2.54. The van der Waals surface area contributed by atoms with E-state index >= 15 is 0 Å². The summed E-state index contributed by atoms with van der Waals surface area (Å²) in [4.78, 5) is 25.1. The zero-order valence-electron chi connectivity index (χ0n) is 15.7. The molecule has 0 aromatic carbocycles. The van der Waals surface area contributed by atoms with Gasteiger partial charge in [0.15, 0.2) is 17.2 Å². The van der Waals surface area contributed by atoms with Gasteiger partial charge in [0.25, 0.3) is 5.56 Å². The van der Waals surface area contributed by atoms with Crippen molar-refractivity contribution in [3.05, 3.63) is 27.7 Å². The van der Waals surface area contributed by atoms with E-state index in [0.717, 1.165) is 17.5 Å². The Hall–Kier alpha value is -2.29. The van der Waals surface area contributed by atoms with Crippen molar-refractivity contribution in [3.63, 3.8) is 0 Å². The summed E-state index contributed by atoms with van der Waals surface area (Å²) in [7, 11) is 0. The van der Waals surface area contributed by atoms with Crippen molar-refractivity contribution in [2.24, 2.45) is 0 Å². The number of hydrogen-bond acceptors (Lipinski definition) is 5. The minimum Gasteiger partial charge on any atom is -0.390 e. The lowest BCUT2D eigenvalue weighted by molar-refractivity contribution is -0.125. The minimum atomic E-state index is -0.753. The number of amides is 1. The SMILES string of the molecule is CC(C)c1nn(CC(=O)N[C@H]2C[C@@](C)(O)C2)c(=O)c2c(F)c(C3CC3)nn12. The molecule has 0 atom stereocenters. The Morgan fingerprint density at radius 1 is 1.37 bits per heavy atom. The van der Waals surface area contributed by atoms with Crippen LogP contribution in [0.3, 0.4) is 0 Å². The summed E-state index contributed by atoms with van der Waals surface area (Å²) in [5, 5.41) is 21.1. The molecule has 2 heterocycles. The Morgan fingerprint density at radius 3 is 2.59 bits per heavy atom. The molecule has 0 aliphatic heterocycles. The second-order valence-electron chi connectivity index (χ2n) is 8.38. The van der Waals surface area contributed by atoms with Crippen molar-refractivity contribution in [3.8, 4) is 0 Å². The van der Waals surface area contributed by atoms with Crippen LogP contribution in [-0.2, 0) is 11.3 Å². The number of carbonyl (C=O) groups excluding carboxylic acids is 1. The number of fused-ring (bicyclic) bond motifs is 1. The van der Waals surface area contributed by atoms with Crippen LogP contribution in [0.25, 0.3) is 5.52 Å². The molecule has 2 aromatic rings. The quantitative estimate of drug-likeness (QED) is 0.811. The van der Waals surface area contributed by atoms with Crippen LogP contribution < -0.4 is 10.9 Å². The maximum absolute atomic E-state index is 14.8. The summed E-state index contributed by atoms with van der Waals surface area (Å²) in [6.45, 7) is 5.18. The number of hydrogen-bond donors (Lipinski definition) is 2. The highest BCUT2D eigenvalue weighted by Crippen LogP contribution is 2.41. The van der Waals surface area contributed by atoms with Crippen LogP contribution in [0.5, 0.6) is 0 Å². The van der Waals surface area contributed by atoms with Crippen LogP contribution in [0.2, 0.25) is 0 Å². The molecule has 2 aliphatic rings. The lowest BCUT2D eigenvalue weighted by atomic mass is 9.77. The van der Waals surface area contributed by atoms with Crippen molar-refractivity contribution in [1.82, 2.24) is 24.7 Å². The highest BCUT2D eigenvalue weighted by Gasteiger charge is 2.39. The Morgan fingerprint density at radius 2 is 2.04 bits per heavy atom. The van der Waals surface area contributed by atoms with E-state index in [1.807, 2.05) is 13.8 Å². The van der Waals surface area contributed by atoms with Crippen molar-refractivity contribution in [1.29, 1.82) is 0 Å². The molecule has 27 heavy (non-hydrogen) atoms. The Bertz CT molecular complexity index is 966. The third-order valence-corrected chi connectivity index (χ3v) is 5.24. The maximum atomic E-state index is 14.8. The molecule has 2 fully saturated rings. The molecule has 8 nitrogen and oxygen atoms in total. The van der Waals surface area contributed by atoms with Gasteiger partial charge in [-0.05, 0) is 32.6 Å². The molecule has 0 radical (unpaired) electrons. The van der Waals surface area contributed by atoms with Crippen LogP contribution >= 0.6 is 0 Å².